The third-order valence-corrected chi connectivity index (χ3v) is 7.97. The molecule has 0 aliphatic carbocycles. The minimum atomic E-state index is -3.87. The monoisotopic (exact) mass is 524 g/mol. The molecule has 196 valence electrons. The van der Waals surface area contributed by atoms with Gasteiger partial charge in [-0.05, 0) is 58.5 Å². The zero-order valence-corrected chi connectivity index (χ0v) is 22.5. The van der Waals surface area contributed by atoms with Gasteiger partial charge < -0.3 is 14.2 Å². The average molecular weight is 525 g/mol. The first-order valence-corrected chi connectivity index (χ1v) is 13.4. The fourth-order valence-electron chi connectivity index (χ4n) is 4.70. The summed E-state index contributed by atoms with van der Waals surface area (Å²) in [4.78, 5) is 14.5. The molecule has 0 radical (unpaired) electrons. The SMILES string of the molecule is COC(=O)C(C(C)C)N1Cc2ccc(-c3ccc(NS(=O)(=O)c4ccc(OC)cc4OC)cc3)cc2C1. The van der Waals surface area contributed by atoms with Gasteiger partial charge in [0.15, 0.2) is 0 Å². The Morgan fingerprint density at radius 3 is 2.16 bits per heavy atom. The Balaban J connectivity index is 1.51. The van der Waals surface area contributed by atoms with E-state index >= 15 is 0 Å². The van der Waals surface area contributed by atoms with Crippen LogP contribution in [0.5, 0.6) is 11.5 Å². The molecule has 1 atom stereocenters. The van der Waals surface area contributed by atoms with Gasteiger partial charge in [-0.1, -0.05) is 38.1 Å². The Morgan fingerprint density at radius 1 is 0.865 bits per heavy atom. The predicted octanol–water partition coefficient (Wildman–Crippen LogP) is 4.68. The first-order chi connectivity index (χ1) is 17.7. The van der Waals surface area contributed by atoms with Gasteiger partial charge in [0.05, 0.1) is 21.3 Å². The van der Waals surface area contributed by atoms with Gasteiger partial charge in [0.25, 0.3) is 10.0 Å². The molecule has 0 saturated heterocycles. The molecule has 0 saturated carbocycles. The number of fused-ring (bicyclic) bond motifs is 1. The molecule has 1 aliphatic rings. The third kappa shape index (κ3) is 5.57. The molecule has 0 aromatic heterocycles. The van der Waals surface area contributed by atoms with Crippen LogP contribution in [0, 0.1) is 5.92 Å². The Morgan fingerprint density at radius 2 is 1.54 bits per heavy atom. The van der Waals surface area contributed by atoms with Crippen LogP contribution in [-0.2, 0) is 32.6 Å². The fourth-order valence-corrected chi connectivity index (χ4v) is 5.91. The second kappa shape index (κ2) is 10.8. The molecule has 8 nitrogen and oxygen atoms in total. The van der Waals surface area contributed by atoms with Crippen molar-refractivity contribution >= 4 is 21.7 Å². The van der Waals surface area contributed by atoms with Crippen LogP contribution in [0.1, 0.15) is 25.0 Å². The van der Waals surface area contributed by atoms with Gasteiger partial charge in [0, 0.05) is 24.8 Å². The van der Waals surface area contributed by atoms with Gasteiger partial charge in [0.2, 0.25) is 0 Å². The summed E-state index contributed by atoms with van der Waals surface area (Å²) in [6.45, 7) is 5.42. The van der Waals surface area contributed by atoms with Crippen molar-refractivity contribution in [2.24, 2.45) is 5.92 Å². The van der Waals surface area contributed by atoms with E-state index in [0.29, 0.717) is 24.5 Å². The van der Waals surface area contributed by atoms with Crippen molar-refractivity contribution in [3.63, 3.8) is 0 Å². The zero-order chi connectivity index (χ0) is 26.7. The number of benzene rings is 3. The zero-order valence-electron chi connectivity index (χ0n) is 21.6. The number of ether oxygens (including phenoxy) is 3. The number of rotatable bonds is 9. The second-order valence-corrected chi connectivity index (χ2v) is 11.0. The molecule has 3 aromatic carbocycles. The van der Waals surface area contributed by atoms with Crippen LogP contribution in [0.3, 0.4) is 0 Å². The van der Waals surface area contributed by atoms with Gasteiger partial charge in [-0.15, -0.1) is 0 Å². The van der Waals surface area contributed by atoms with Crippen molar-refractivity contribution in [3.8, 4) is 22.6 Å². The molecular weight excluding hydrogens is 492 g/mol. The van der Waals surface area contributed by atoms with Crippen molar-refractivity contribution < 1.29 is 27.4 Å². The van der Waals surface area contributed by atoms with Gasteiger partial charge in [-0.3, -0.25) is 14.4 Å². The maximum Gasteiger partial charge on any atom is 0.323 e. The van der Waals surface area contributed by atoms with Crippen LogP contribution >= 0.6 is 0 Å². The number of hydrogen-bond acceptors (Lipinski definition) is 7. The number of hydrogen-bond donors (Lipinski definition) is 1. The van der Waals surface area contributed by atoms with E-state index in [9.17, 15) is 13.2 Å². The van der Waals surface area contributed by atoms with E-state index < -0.39 is 10.0 Å². The summed E-state index contributed by atoms with van der Waals surface area (Å²) in [5.74, 6) is 0.619. The summed E-state index contributed by atoms with van der Waals surface area (Å²) in [5, 5.41) is 0. The minimum absolute atomic E-state index is 0.0229. The van der Waals surface area contributed by atoms with Crippen LogP contribution in [-0.4, -0.2) is 46.7 Å². The van der Waals surface area contributed by atoms with E-state index in [1.54, 1.807) is 18.2 Å². The molecule has 9 heteroatoms. The van der Waals surface area contributed by atoms with Crippen LogP contribution in [0.4, 0.5) is 5.69 Å². The summed E-state index contributed by atoms with van der Waals surface area (Å²) >= 11 is 0. The van der Waals surface area contributed by atoms with Crippen molar-refractivity contribution in [1.82, 2.24) is 4.90 Å². The van der Waals surface area contributed by atoms with Crippen molar-refractivity contribution in [2.75, 3.05) is 26.1 Å². The average Bonchev–Trinajstić information content (AvgIpc) is 3.30. The number of methoxy groups -OCH3 is 3. The molecule has 0 amide bonds. The topological polar surface area (TPSA) is 94.2 Å². The smallest absolute Gasteiger partial charge is 0.323 e. The molecule has 37 heavy (non-hydrogen) atoms. The molecule has 1 heterocycles. The number of sulfonamides is 1. The Hall–Kier alpha value is -3.56. The first-order valence-electron chi connectivity index (χ1n) is 12.0. The lowest BCUT2D eigenvalue weighted by Crippen LogP contribution is -2.42. The predicted molar refractivity (Wildman–Crippen MR) is 142 cm³/mol. The summed E-state index contributed by atoms with van der Waals surface area (Å²) in [6, 6.07) is 17.7. The van der Waals surface area contributed by atoms with Crippen molar-refractivity contribution in [2.45, 2.75) is 37.9 Å². The maximum absolute atomic E-state index is 13.0. The molecule has 1 unspecified atom stereocenters. The number of anilines is 1. The van der Waals surface area contributed by atoms with Crippen molar-refractivity contribution in [1.29, 1.82) is 0 Å². The first kappa shape index (κ1) is 26.5. The van der Waals surface area contributed by atoms with Gasteiger partial charge in [0.1, 0.15) is 22.4 Å². The molecule has 1 N–H and O–H groups in total. The number of carbonyl (C=O) groups is 1. The highest BCUT2D eigenvalue weighted by Gasteiger charge is 2.33. The summed E-state index contributed by atoms with van der Waals surface area (Å²) in [5.41, 5.74) is 4.77. The number of nitrogens with one attached hydrogen (secondary N) is 1. The van der Waals surface area contributed by atoms with E-state index in [4.69, 9.17) is 14.2 Å². The summed E-state index contributed by atoms with van der Waals surface area (Å²) < 4.78 is 44.0. The third-order valence-electron chi connectivity index (χ3n) is 6.55. The summed E-state index contributed by atoms with van der Waals surface area (Å²) in [7, 11) is 0.474. The highest BCUT2D eigenvalue weighted by atomic mass is 32.2. The van der Waals surface area contributed by atoms with Crippen molar-refractivity contribution in [3.05, 3.63) is 71.8 Å². The Bertz CT molecular complexity index is 1390. The molecule has 1 aliphatic heterocycles. The van der Waals surface area contributed by atoms with Crippen LogP contribution in [0.25, 0.3) is 11.1 Å². The number of nitrogens with zero attached hydrogens (tertiary/aromatic N) is 1. The van der Waals surface area contributed by atoms with E-state index in [-0.39, 0.29) is 28.6 Å². The lowest BCUT2D eigenvalue weighted by Gasteiger charge is -2.28. The number of carbonyl (C=O) groups excluding carboxylic acids is 1. The van der Waals surface area contributed by atoms with E-state index in [1.807, 2.05) is 32.0 Å². The van der Waals surface area contributed by atoms with Crippen LogP contribution < -0.4 is 14.2 Å². The lowest BCUT2D eigenvalue weighted by molar-refractivity contribution is -0.149. The number of esters is 1. The minimum Gasteiger partial charge on any atom is -0.497 e. The maximum atomic E-state index is 13.0. The lowest BCUT2D eigenvalue weighted by atomic mass is 10.0. The highest BCUT2D eigenvalue weighted by Crippen LogP contribution is 2.33. The molecule has 0 spiro atoms. The van der Waals surface area contributed by atoms with E-state index in [1.165, 1.54) is 44.6 Å². The quantitative estimate of drug-likeness (QED) is 0.406. The standard InChI is InChI=1S/C28H32N2O6S/c1-18(2)27(28(31)36-5)30-16-21-7-6-20(14-22(21)17-30)19-8-10-23(11-9-19)29-37(32,33)26-13-12-24(34-3)15-25(26)35-4/h6-15,18,27,29H,16-17H2,1-5H3. The van der Waals surface area contributed by atoms with Crippen LogP contribution in [0.2, 0.25) is 0 Å². The Kier molecular flexibility index (Phi) is 7.75. The Labute approximate surface area is 218 Å². The van der Waals surface area contributed by atoms with Gasteiger partial charge in [-0.25, -0.2) is 8.42 Å². The molecule has 0 fully saturated rings. The van der Waals surface area contributed by atoms with Gasteiger partial charge >= 0.3 is 5.97 Å². The highest BCUT2D eigenvalue weighted by molar-refractivity contribution is 7.92. The molecule has 3 aromatic rings. The molecular formula is C28H32N2O6S. The van der Waals surface area contributed by atoms with Gasteiger partial charge in [-0.2, -0.15) is 0 Å². The van der Waals surface area contributed by atoms with Crippen LogP contribution in [0.15, 0.2) is 65.6 Å². The fraction of sp³-hybridized carbons (Fsp3) is 0.321. The normalized spacial score (nSPS) is 14.2. The molecule has 4 rings (SSSR count). The van der Waals surface area contributed by atoms with E-state index in [2.05, 4.69) is 21.8 Å². The molecule has 0 bridgehead atoms. The summed E-state index contributed by atoms with van der Waals surface area (Å²) in [6.07, 6.45) is 0. The second-order valence-electron chi connectivity index (χ2n) is 9.30. The van der Waals surface area contributed by atoms with E-state index in [0.717, 1.165) is 11.1 Å². The largest absolute Gasteiger partial charge is 0.497 e.